The molecule has 0 aliphatic rings. The van der Waals surface area contributed by atoms with Gasteiger partial charge in [-0.2, -0.15) is 4.37 Å². The monoisotopic (exact) mass is 206 g/mol. The second kappa shape index (κ2) is 3.63. The first-order chi connectivity index (χ1) is 6.74. The predicted molar refractivity (Wildman–Crippen MR) is 58.8 cm³/mol. The quantitative estimate of drug-likeness (QED) is 0.739. The van der Waals surface area contributed by atoms with Gasteiger partial charge in [0.05, 0.1) is 0 Å². The van der Waals surface area contributed by atoms with Gasteiger partial charge in [0.25, 0.3) is 0 Å². The Morgan fingerprint density at radius 3 is 2.93 bits per heavy atom. The van der Waals surface area contributed by atoms with Crippen LogP contribution in [0.1, 0.15) is 5.82 Å². The average molecular weight is 206 g/mol. The maximum absolute atomic E-state index is 5.64. The van der Waals surface area contributed by atoms with Gasteiger partial charge in [-0.1, -0.05) is 6.07 Å². The van der Waals surface area contributed by atoms with Gasteiger partial charge in [-0.3, -0.25) is 0 Å². The van der Waals surface area contributed by atoms with Crippen molar-refractivity contribution in [2.75, 3.05) is 11.1 Å². The van der Waals surface area contributed by atoms with E-state index in [9.17, 15) is 0 Å². The van der Waals surface area contributed by atoms with E-state index in [0.717, 1.165) is 22.3 Å². The molecule has 3 N–H and O–H groups in total. The summed E-state index contributed by atoms with van der Waals surface area (Å²) in [7, 11) is 0. The molecule has 1 aromatic heterocycles. The summed E-state index contributed by atoms with van der Waals surface area (Å²) in [6, 6.07) is 7.53. The molecule has 0 saturated carbocycles. The van der Waals surface area contributed by atoms with Crippen LogP contribution in [0.3, 0.4) is 0 Å². The number of hydrogen-bond acceptors (Lipinski definition) is 5. The largest absolute Gasteiger partial charge is 0.399 e. The highest BCUT2D eigenvalue weighted by Crippen LogP contribution is 2.19. The molecule has 0 bridgehead atoms. The van der Waals surface area contributed by atoms with Gasteiger partial charge in [0.1, 0.15) is 5.82 Å². The van der Waals surface area contributed by atoms with Crippen molar-refractivity contribution in [3.8, 4) is 0 Å². The molecule has 0 amide bonds. The summed E-state index contributed by atoms with van der Waals surface area (Å²) in [6.45, 7) is 1.86. The Morgan fingerprint density at radius 2 is 2.29 bits per heavy atom. The molecule has 0 aliphatic heterocycles. The number of aryl methyl sites for hydroxylation is 1. The number of nitrogens with two attached hydrogens (primary N) is 1. The summed E-state index contributed by atoms with van der Waals surface area (Å²) < 4.78 is 4.07. The van der Waals surface area contributed by atoms with E-state index >= 15 is 0 Å². The highest BCUT2D eigenvalue weighted by molar-refractivity contribution is 7.09. The lowest BCUT2D eigenvalue weighted by atomic mass is 10.3. The number of nitrogens with one attached hydrogen (secondary N) is 1. The molecular weight excluding hydrogens is 196 g/mol. The second-order valence-corrected chi connectivity index (χ2v) is 3.65. The van der Waals surface area contributed by atoms with Crippen LogP contribution in [0.25, 0.3) is 0 Å². The third kappa shape index (κ3) is 2.00. The molecule has 4 nitrogen and oxygen atoms in total. The molecule has 0 spiro atoms. The van der Waals surface area contributed by atoms with Gasteiger partial charge in [-0.25, -0.2) is 4.98 Å². The van der Waals surface area contributed by atoms with Crippen molar-refractivity contribution in [1.29, 1.82) is 0 Å². The van der Waals surface area contributed by atoms with E-state index < -0.39 is 0 Å². The van der Waals surface area contributed by atoms with Crippen LogP contribution in [-0.4, -0.2) is 9.36 Å². The number of nitrogens with zero attached hydrogens (tertiary/aromatic N) is 2. The lowest BCUT2D eigenvalue weighted by molar-refractivity contribution is 1.17. The zero-order chi connectivity index (χ0) is 9.97. The Hall–Kier alpha value is -1.62. The van der Waals surface area contributed by atoms with E-state index in [1.54, 1.807) is 0 Å². The molecule has 5 heteroatoms. The van der Waals surface area contributed by atoms with Crippen LogP contribution in [0.4, 0.5) is 16.5 Å². The van der Waals surface area contributed by atoms with E-state index in [-0.39, 0.29) is 0 Å². The van der Waals surface area contributed by atoms with Crippen LogP contribution in [0.5, 0.6) is 0 Å². The van der Waals surface area contributed by atoms with Gasteiger partial charge in [-0.05, 0) is 25.1 Å². The fourth-order valence-electron chi connectivity index (χ4n) is 1.09. The summed E-state index contributed by atoms with van der Waals surface area (Å²) in [5.41, 5.74) is 7.31. The summed E-state index contributed by atoms with van der Waals surface area (Å²) in [6.07, 6.45) is 0. The first kappa shape index (κ1) is 8.96. The molecule has 0 fully saturated rings. The van der Waals surface area contributed by atoms with Crippen molar-refractivity contribution in [3.05, 3.63) is 30.1 Å². The van der Waals surface area contributed by atoms with Crippen molar-refractivity contribution >= 4 is 28.0 Å². The van der Waals surface area contributed by atoms with Crippen LogP contribution in [0.15, 0.2) is 24.3 Å². The standard InChI is InChI=1S/C9H10N4S/c1-6-11-9(14-13-6)12-8-4-2-3-7(10)5-8/h2-5H,10H2,1H3,(H,11,12,13). The zero-order valence-corrected chi connectivity index (χ0v) is 8.51. The van der Waals surface area contributed by atoms with Gasteiger partial charge in [-0.15, -0.1) is 0 Å². The summed E-state index contributed by atoms with van der Waals surface area (Å²) >= 11 is 1.34. The second-order valence-electron chi connectivity index (χ2n) is 2.90. The highest BCUT2D eigenvalue weighted by Gasteiger charge is 1.99. The van der Waals surface area contributed by atoms with E-state index in [1.165, 1.54) is 11.5 Å². The molecule has 2 rings (SSSR count). The van der Waals surface area contributed by atoms with Crippen molar-refractivity contribution in [3.63, 3.8) is 0 Å². The third-order valence-corrected chi connectivity index (χ3v) is 2.39. The molecule has 1 aromatic carbocycles. The van der Waals surface area contributed by atoms with E-state index in [0.29, 0.717) is 0 Å². The third-order valence-electron chi connectivity index (χ3n) is 1.67. The van der Waals surface area contributed by atoms with Crippen molar-refractivity contribution in [2.45, 2.75) is 6.92 Å². The normalized spacial score (nSPS) is 10.1. The van der Waals surface area contributed by atoms with Gasteiger partial charge >= 0.3 is 0 Å². The lowest BCUT2D eigenvalue weighted by Crippen LogP contribution is -1.91. The Kier molecular flexibility index (Phi) is 2.32. The molecular formula is C9H10N4S. The van der Waals surface area contributed by atoms with E-state index in [4.69, 9.17) is 5.73 Å². The summed E-state index contributed by atoms with van der Waals surface area (Å²) in [5, 5.41) is 3.92. The summed E-state index contributed by atoms with van der Waals surface area (Å²) in [5.74, 6) is 0.779. The Labute approximate surface area is 86.0 Å². The Morgan fingerprint density at radius 1 is 1.43 bits per heavy atom. The van der Waals surface area contributed by atoms with Crippen LogP contribution in [0, 0.1) is 6.92 Å². The van der Waals surface area contributed by atoms with Crippen LogP contribution < -0.4 is 11.1 Å². The van der Waals surface area contributed by atoms with Crippen molar-refractivity contribution in [1.82, 2.24) is 9.36 Å². The number of hydrogen-bond donors (Lipinski definition) is 2. The Bertz CT molecular complexity index is 438. The number of rotatable bonds is 2. The first-order valence-corrected chi connectivity index (χ1v) is 4.94. The minimum Gasteiger partial charge on any atom is -0.399 e. The topological polar surface area (TPSA) is 63.8 Å². The number of aromatic nitrogens is 2. The van der Waals surface area contributed by atoms with Crippen LogP contribution >= 0.6 is 11.5 Å². The fraction of sp³-hybridized carbons (Fsp3) is 0.111. The van der Waals surface area contributed by atoms with Crippen molar-refractivity contribution in [2.24, 2.45) is 0 Å². The number of benzene rings is 1. The maximum atomic E-state index is 5.64. The first-order valence-electron chi connectivity index (χ1n) is 4.17. The van der Waals surface area contributed by atoms with Crippen LogP contribution in [-0.2, 0) is 0 Å². The summed E-state index contributed by atoms with van der Waals surface area (Å²) in [4.78, 5) is 4.19. The van der Waals surface area contributed by atoms with Gasteiger partial charge in [0, 0.05) is 22.9 Å². The predicted octanol–water partition coefficient (Wildman–Crippen LogP) is 2.17. The minimum absolute atomic E-state index is 0.733. The SMILES string of the molecule is Cc1nsc(Nc2cccc(N)c2)n1. The van der Waals surface area contributed by atoms with E-state index in [2.05, 4.69) is 14.7 Å². The van der Waals surface area contributed by atoms with Gasteiger partial charge in [0.2, 0.25) is 5.13 Å². The number of anilines is 3. The average Bonchev–Trinajstić information content (AvgIpc) is 2.51. The molecule has 2 aromatic rings. The highest BCUT2D eigenvalue weighted by atomic mass is 32.1. The minimum atomic E-state index is 0.733. The molecule has 0 unspecified atom stereocenters. The lowest BCUT2D eigenvalue weighted by Gasteiger charge is -2.01. The van der Waals surface area contributed by atoms with Crippen molar-refractivity contribution < 1.29 is 0 Å². The smallest absolute Gasteiger partial charge is 0.207 e. The molecule has 0 saturated heterocycles. The molecule has 1 heterocycles. The van der Waals surface area contributed by atoms with Gasteiger partial charge < -0.3 is 11.1 Å². The van der Waals surface area contributed by atoms with Crippen LogP contribution in [0.2, 0.25) is 0 Å². The zero-order valence-electron chi connectivity index (χ0n) is 7.69. The Balaban J connectivity index is 2.18. The molecule has 14 heavy (non-hydrogen) atoms. The van der Waals surface area contributed by atoms with E-state index in [1.807, 2.05) is 31.2 Å². The molecule has 0 aliphatic carbocycles. The van der Waals surface area contributed by atoms with Gasteiger partial charge in [0.15, 0.2) is 0 Å². The fourth-order valence-corrected chi connectivity index (χ4v) is 1.68. The number of nitrogen functional groups attached to an aromatic ring is 1. The maximum Gasteiger partial charge on any atom is 0.207 e. The molecule has 0 atom stereocenters. The molecule has 0 radical (unpaired) electrons. The molecule has 72 valence electrons.